The fourth-order valence-electron chi connectivity index (χ4n) is 7.66. The van der Waals surface area contributed by atoms with Crippen molar-refractivity contribution in [1.29, 1.82) is 0 Å². The monoisotopic (exact) mass is 461 g/mol. The van der Waals surface area contributed by atoms with Gasteiger partial charge in [-0.05, 0) is 106 Å². The Morgan fingerprint density at radius 2 is 1.81 bits per heavy atom. The van der Waals surface area contributed by atoms with Crippen molar-refractivity contribution in [2.45, 2.75) is 97.3 Å². The van der Waals surface area contributed by atoms with Gasteiger partial charge >= 0.3 is 7.60 Å². The molecular formula is C26H40NO4P. The van der Waals surface area contributed by atoms with Gasteiger partial charge in [0.25, 0.3) is 0 Å². The summed E-state index contributed by atoms with van der Waals surface area (Å²) in [5.41, 5.74) is 3.49. The molecule has 4 rings (SSSR count). The number of amides is 1. The number of hydrogen-bond donors (Lipinski definition) is 2. The lowest BCUT2D eigenvalue weighted by molar-refractivity contribution is -0.144. The number of fused-ring (bicyclic) bond motifs is 5. The number of nitrogens with zero attached hydrogens (tertiary/aromatic N) is 1. The minimum absolute atomic E-state index is 0.0815. The van der Waals surface area contributed by atoms with E-state index in [1.807, 2.05) is 12.1 Å². The van der Waals surface area contributed by atoms with E-state index in [4.69, 9.17) is 0 Å². The van der Waals surface area contributed by atoms with Gasteiger partial charge in [0.05, 0.1) is 6.16 Å². The topological polar surface area (TPSA) is 77.8 Å². The Kier molecular flexibility index (Phi) is 6.42. The molecule has 0 bridgehead atoms. The van der Waals surface area contributed by atoms with Crippen LogP contribution in [0.15, 0.2) is 18.2 Å². The Hall–Kier alpha value is -1.16. The maximum absolute atomic E-state index is 13.7. The molecule has 178 valence electrons. The first-order valence-electron chi connectivity index (χ1n) is 12.4. The molecule has 6 heteroatoms. The third-order valence-corrected chi connectivity index (χ3v) is 9.62. The van der Waals surface area contributed by atoms with Crippen LogP contribution >= 0.6 is 7.60 Å². The highest BCUT2D eigenvalue weighted by molar-refractivity contribution is 7.50. The number of benzene rings is 1. The first-order valence-corrected chi connectivity index (χ1v) is 14.2. The Morgan fingerprint density at radius 1 is 1.12 bits per heavy atom. The van der Waals surface area contributed by atoms with Crippen LogP contribution in [0.25, 0.3) is 0 Å². The van der Waals surface area contributed by atoms with Gasteiger partial charge in [0, 0.05) is 18.0 Å². The summed E-state index contributed by atoms with van der Waals surface area (Å²) in [5, 5.41) is 0. The lowest BCUT2D eigenvalue weighted by atomic mass is 9.54. The van der Waals surface area contributed by atoms with Crippen LogP contribution in [-0.4, -0.2) is 32.7 Å². The summed E-state index contributed by atoms with van der Waals surface area (Å²) in [6, 6.07) is 6.54. The summed E-state index contributed by atoms with van der Waals surface area (Å²) < 4.78 is 11.4. The molecule has 3 aliphatic carbocycles. The van der Waals surface area contributed by atoms with Crippen LogP contribution in [0.3, 0.4) is 0 Å². The molecule has 0 saturated heterocycles. The zero-order valence-corrected chi connectivity index (χ0v) is 21.1. The fraction of sp³-hybridized carbons (Fsp3) is 0.731. The molecule has 1 amide bonds. The highest BCUT2D eigenvalue weighted by Crippen LogP contribution is 2.63. The molecule has 0 aromatic heterocycles. The summed E-state index contributed by atoms with van der Waals surface area (Å²) in [5.74, 6) is 2.20. The number of hydrogen-bond acceptors (Lipinski definition) is 2. The number of rotatable bonds is 5. The van der Waals surface area contributed by atoms with Crippen molar-refractivity contribution in [3.63, 3.8) is 0 Å². The average Bonchev–Trinajstić information content (AvgIpc) is 3.03. The van der Waals surface area contributed by atoms with Crippen LogP contribution in [-0.2, 0) is 21.9 Å². The van der Waals surface area contributed by atoms with Gasteiger partial charge < -0.3 is 14.7 Å². The van der Waals surface area contributed by atoms with E-state index in [1.54, 1.807) is 0 Å². The molecule has 32 heavy (non-hydrogen) atoms. The molecule has 3 aliphatic rings. The van der Waals surface area contributed by atoms with Gasteiger partial charge in [-0.2, -0.15) is 0 Å². The summed E-state index contributed by atoms with van der Waals surface area (Å²) in [6.45, 7) is 10.9. The second kappa shape index (κ2) is 8.56. The molecule has 5 atom stereocenters. The standard InChI is InChI=1S/C26H40NO4P/c1-16(2)27(17(3)4)25(28)24-11-10-23-22-9-7-19-14-18(15-32(29,30)31)6-8-20(19)21(22)12-13-26(23,24)5/h6,8,14,16-17,21-24H,7,9-13,15H2,1-5H3,(H2,29,30,31)/t21-,22-,23+,24-,26+/m1/s1. The molecule has 0 heterocycles. The smallest absolute Gasteiger partial charge is 0.329 e. The van der Waals surface area contributed by atoms with Gasteiger partial charge in [0.1, 0.15) is 0 Å². The van der Waals surface area contributed by atoms with E-state index in [9.17, 15) is 19.1 Å². The maximum Gasteiger partial charge on any atom is 0.329 e. The summed E-state index contributed by atoms with van der Waals surface area (Å²) in [7, 11) is -4.05. The van der Waals surface area contributed by atoms with Crippen LogP contribution in [0.2, 0.25) is 0 Å². The Balaban J connectivity index is 1.57. The fourth-order valence-corrected chi connectivity index (χ4v) is 8.34. The molecule has 0 unspecified atom stereocenters. The Morgan fingerprint density at radius 3 is 2.44 bits per heavy atom. The van der Waals surface area contributed by atoms with Crippen molar-refractivity contribution in [2.75, 3.05) is 0 Å². The average molecular weight is 462 g/mol. The first-order chi connectivity index (χ1) is 14.9. The number of carbonyl (C=O) groups is 1. The second-order valence-electron chi connectivity index (χ2n) is 11.4. The van der Waals surface area contributed by atoms with Crippen molar-refractivity contribution in [2.24, 2.45) is 23.2 Å². The lowest BCUT2D eigenvalue weighted by Gasteiger charge is -2.51. The van der Waals surface area contributed by atoms with Crippen LogP contribution in [0, 0.1) is 23.2 Å². The molecule has 1 aromatic carbocycles. The second-order valence-corrected chi connectivity index (χ2v) is 13.0. The minimum Gasteiger partial charge on any atom is -0.338 e. The van der Waals surface area contributed by atoms with Crippen molar-refractivity contribution < 1.29 is 19.1 Å². The van der Waals surface area contributed by atoms with Crippen LogP contribution in [0.5, 0.6) is 0 Å². The molecular weight excluding hydrogens is 421 g/mol. The van der Waals surface area contributed by atoms with E-state index < -0.39 is 7.60 Å². The molecule has 2 fully saturated rings. The molecule has 2 N–H and O–H groups in total. The van der Waals surface area contributed by atoms with E-state index in [-0.39, 0.29) is 29.6 Å². The summed E-state index contributed by atoms with van der Waals surface area (Å²) in [4.78, 5) is 34.5. The zero-order chi connectivity index (χ0) is 23.4. The molecule has 0 spiro atoms. The van der Waals surface area contributed by atoms with Crippen molar-refractivity contribution in [3.05, 3.63) is 34.9 Å². The predicted octanol–water partition coefficient (Wildman–Crippen LogP) is 5.48. The van der Waals surface area contributed by atoms with Gasteiger partial charge in [-0.1, -0.05) is 25.1 Å². The van der Waals surface area contributed by atoms with E-state index in [2.05, 4.69) is 45.6 Å². The summed E-state index contributed by atoms with van der Waals surface area (Å²) >= 11 is 0. The quantitative estimate of drug-likeness (QED) is 0.569. The third kappa shape index (κ3) is 4.21. The largest absolute Gasteiger partial charge is 0.338 e. The normalized spacial score (nSPS) is 31.9. The van der Waals surface area contributed by atoms with Crippen LogP contribution < -0.4 is 0 Å². The molecule has 1 aromatic rings. The van der Waals surface area contributed by atoms with Gasteiger partial charge in [0.2, 0.25) is 5.91 Å². The van der Waals surface area contributed by atoms with Gasteiger partial charge in [-0.3, -0.25) is 9.36 Å². The van der Waals surface area contributed by atoms with Gasteiger partial charge in [-0.25, -0.2) is 0 Å². The molecule has 2 saturated carbocycles. The van der Waals surface area contributed by atoms with Crippen LogP contribution in [0.4, 0.5) is 0 Å². The molecule has 5 nitrogen and oxygen atoms in total. The van der Waals surface area contributed by atoms with Crippen molar-refractivity contribution >= 4 is 13.5 Å². The van der Waals surface area contributed by atoms with Gasteiger partial charge in [-0.15, -0.1) is 0 Å². The lowest BCUT2D eigenvalue weighted by Crippen LogP contribution is -2.50. The minimum atomic E-state index is -4.05. The third-order valence-electron chi connectivity index (χ3n) is 8.84. The SMILES string of the molecule is CC(C)N(C(=O)[C@H]1CC[C@H]2[C@@H]3CCc4cc(CP(=O)(O)O)ccc4[C@H]3CC[C@]12C)C(C)C. The summed E-state index contributed by atoms with van der Waals surface area (Å²) in [6.07, 6.45) is 6.26. The van der Waals surface area contributed by atoms with Gasteiger partial charge in [0.15, 0.2) is 0 Å². The van der Waals surface area contributed by atoms with E-state index in [0.29, 0.717) is 23.7 Å². The Labute approximate surface area is 193 Å². The van der Waals surface area contributed by atoms with E-state index in [1.165, 1.54) is 11.1 Å². The highest BCUT2D eigenvalue weighted by atomic mass is 31.2. The number of carbonyl (C=O) groups excluding carboxylic acids is 1. The zero-order valence-electron chi connectivity index (χ0n) is 20.3. The molecule has 0 radical (unpaired) electrons. The van der Waals surface area contributed by atoms with E-state index in [0.717, 1.165) is 44.1 Å². The first kappa shape index (κ1) is 24.0. The maximum atomic E-state index is 13.7. The number of aryl methyl sites for hydroxylation is 1. The van der Waals surface area contributed by atoms with Crippen molar-refractivity contribution in [1.82, 2.24) is 4.90 Å². The van der Waals surface area contributed by atoms with Crippen LogP contribution in [0.1, 0.15) is 89.3 Å². The predicted molar refractivity (Wildman–Crippen MR) is 127 cm³/mol. The highest BCUT2D eigenvalue weighted by Gasteiger charge is 2.57. The Bertz CT molecular complexity index is 914. The van der Waals surface area contributed by atoms with Crippen molar-refractivity contribution in [3.8, 4) is 0 Å². The van der Waals surface area contributed by atoms with E-state index >= 15 is 0 Å². The molecule has 0 aliphatic heterocycles.